The second kappa shape index (κ2) is 5.68. The molecule has 0 aliphatic heterocycles. The van der Waals surface area contributed by atoms with Gasteiger partial charge in [0.05, 0.1) is 12.0 Å². The van der Waals surface area contributed by atoms with Crippen molar-refractivity contribution >= 4 is 11.9 Å². The maximum atomic E-state index is 13.0. The van der Waals surface area contributed by atoms with Gasteiger partial charge >= 0.3 is 12.1 Å². The Hall–Kier alpha value is -2.12. The first kappa shape index (κ1) is 14.9. The van der Waals surface area contributed by atoms with Crippen LogP contribution in [0.5, 0.6) is 0 Å². The van der Waals surface area contributed by atoms with Crippen molar-refractivity contribution in [3.05, 3.63) is 35.1 Å². The highest BCUT2D eigenvalue weighted by molar-refractivity contribution is 5.94. The molecule has 8 heteroatoms. The summed E-state index contributed by atoms with van der Waals surface area (Å²) in [6.45, 7) is -0.258. The van der Waals surface area contributed by atoms with Crippen molar-refractivity contribution in [2.24, 2.45) is 0 Å². The molecule has 1 rings (SSSR count). The second-order valence-corrected chi connectivity index (χ2v) is 3.63. The van der Waals surface area contributed by atoms with Gasteiger partial charge in [-0.25, -0.2) is 4.39 Å². The fourth-order valence-corrected chi connectivity index (χ4v) is 1.27. The summed E-state index contributed by atoms with van der Waals surface area (Å²) >= 11 is 0. The lowest BCUT2D eigenvalue weighted by molar-refractivity contribution is -0.138. The molecule has 4 nitrogen and oxygen atoms in total. The van der Waals surface area contributed by atoms with Crippen LogP contribution in [-0.4, -0.2) is 23.5 Å². The van der Waals surface area contributed by atoms with Crippen LogP contribution in [0.25, 0.3) is 0 Å². The van der Waals surface area contributed by atoms with Crippen LogP contribution in [0.1, 0.15) is 22.3 Å². The summed E-state index contributed by atoms with van der Waals surface area (Å²) in [6.07, 6.45) is -5.15. The maximum Gasteiger partial charge on any atom is 0.416 e. The lowest BCUT2D eigenvalue weighted by atomic mass is 10.1. The molecule has 104 valence electrons. The molecule has 2 N–H and O–H groups in total. The summed E-state index contributed by atoms with van der Waals surface area (Å²) in [6, 6.07) is 1.42. The van der Waals surface area contributed by atoms with Crippen LogP contribution in [0.3, 0.4) is 0 Å². The van der Waals surface area contributed by atoms with Crippen molar-refractivity contribution in [1.29, 1.82) is 0 Å². The molecule has 0 bridgehead atoms. The number of hydrogen-bond donors (Lipinski definition) is 2. The van der Waals surface area contributed by atoms with Gasteiger partial charge in [-0.1, -0.05) is 0 Å². The molecule has 0 spiro atoms. The van der Waals surface area contributed by atoms with Gasteiger partial charge in [0.1, 0.15) is 5.82 Å². The number of carboxylic acids is 1. The number of carbonyl (C=O) groups is 2. The summed E-state index contributed by atoms with van der Waals surface area (Å²) in [7, 11) is 0. The van der Waals surface area contributed by atoms with Gasteiger partial charge in [0.2, 0.25) is 0 Å². The molecule has 0 heterocycles. The predicted octanol–water partition coefficient (Wildman–Crippen LogP) is 2.05. The molecule has 0 aliphatic carbocycles. The van der Waals surface area contributed by atoms with E-state index in [1.165, 1.54) is 0 Å². The standard InChI is InChI=1S/C11H9F4NO3/c12-8-4-6(3-7(5-8)11(13,14)15)10(19)16-2-1-9(17)18/h3-5H,1-2H2,(H,16,19)(H,17,18). The molecule has 0 aliphatic rings. The van der Waals surface area contributed by atoms with Gasteiger partial charge in [-0.2, -0.15) is 13.2 Å². The number of carboxylic acid groups (broad SMARTS) is 1. The quantitative estimate of drug-likeness (QED) is 0.829. The Morgan fingerprint density at radius 1 is 1.21 bits per heavy atom. The Labute approximate surface area is 105 Å². The number of hydrogen-bond acceptors (Lipinski definition) is 2. The maximum absolute atomic E-state index is 13.0. The van der Waals surface area contributed by atoms with Crippen molar-refractivity contribution in [1.82, 2.24) is 5.32 Å². The highest BCUT2D eigenvalue weighted by Gasteiger charge is 2.31. The van der Waals surface area contributed by atoms with Crippen LogP contribution < -0.4 is 5.32 Å². The van der Waals surface area contributed by atoms with E-state index in [0.29, 0.717) is 12.1 Å². The highest BCUT2D eigenvalue weighted by atomic mass is 19.4. The Balaban J connectivity index is 2.86. The molecule has 0 unspecified atom stereocenters. The van der Waals surface area contributed by atoms with Gasteiger partial charge in [0, 0.05) is 12.1 Å². The molecule has 19 heavy (non-hydrogen) atoms. The van der Waals surface area contributed by atoms with Crippen molar-refractivity contribution in [2.75, 3.05) is 6.54 Å². The van der Waals surface area contributed by atoms with E-state index in [1.54, 1.807) is 0 Å². The Bertz CT molecular complexity index is 499. The smallest absolute Gasteiger partial charge is 0.416 e. The molecule has 0 saturated heterocycles. The minimum atomic E-state index is -4.77. The zero-order chi connectivity index (χ0) is 14.6. The van der Waals surface area contributed by atoms with Crippen LogP contribution >= 0.6 is 0 Å². The van der Waals surface area contributed by atoms with Gasteiger partial charge in [-0.3, -0.25) is 9.59 Å². The van der Waals surface area contributed by atoms with Crippen molar-refractivity contribution in [3.63, 3.8) is 0 Å². The summed E-state index contributed by atoms with van der Waals surface area (Å²) in [5.41, 5.74) is -1.80. The number of halogens is 4. The monoisotopic (exact) mass is 279 g/mol. The number of aliphatic carboxylic acids is 1. The number of carbonyl (C=O) groups excluding carboxylic acids is 1. The van der Waals surface area contributed by atoms with Crippen LogP contribution in [0.15, 0.2) is 18.2 Å². The zero-order valence-corrected chi connectivity index (χ0v) is 9.42. The third kappa shape index (κ3) is 4.57. The van der Waals surface area contributed by atoms with E-state index >= 15 is 0 Å². The fourth-order valence-electron chi connectivity index (χ4n) is 1.27. The minimum absolute atomic E-state index is 0.258. The Morgan fingerprint density at radius 3 is 2.37 bits per heavy atom. The Morgan fingerprint density at radius 2 is 1.84 bits per heavy atom. The summed E-state index contributed by atoms with van der Waals surface area (Å²) < 4.78 is 50.2. The van der Waals surface area contributed by atoms with E-state index in [1.807, 2.05) is 0 Å². The van der Waals surface area contributed by atoms with Crippen molar-refractivity contribution in [2.45, 2.75) is 12.6 Å². The summed E-state index contributed by atoms with van der Waals surface area (Å²) in [5.74, 6) is -3.33. The molecule has 1 amide bonds. The lowest BCUT2D eigenvalue weighted by Gasteiger charge is -2.09. The molecule has 0 fully saturated rings. The Kier molecular flexibility index (Phi) is 4.47. The van der Waals surface area contributed by atoms with E-state index in [2.05, 4.69) is 5.32 Å². The van der Waals surface area contributed by atoms with Crippen LogP contribution in [0.2, 0.25) is 0 Å². The molecular weight excluding hydrogens is 270 g/mol. The van der Waals surface area contributed by atoms with E-state index in [-0.39, 0.29) is 19.0 Å². The summed E-state index contributed by atoms with van der Waals surface area (Å²) in [4.78, 5) is 21.6. The molecule has 0 atom stereocenters. The normalized spacial score (nSPS) is 11.2. The number of nitrogens with one attached hydrogen (secondary N) is 1. The fraction of sp³-hybridized carbons (Fsp3) is 0.273. The van der Waals surface area contributed by atoms with Gasteiger partial charge in [0.15, 0.2) is 0 Å². The average molecular weight is 279 g/mol. The van der Waals surface area contributed by atoms with Crippen molar-refractivity contribution in [3.8, 4) is 0 Å². The van der Waals surface area contributed by atoms with Gasteiger partial charge in [-0.15, -0.1) is 0 Å². The van der Waals surface area contributed by atoms with Crippen LogP contribution in [0.4, 0.5) is 17.6 Å². The second-order valence-electron chi connectivity index (χ2n) is 3.63. The first-order chi connectivity index (χ1) is 8.70. The zero-order valence-electron chi connectivity index (χ0n) is 9.42. The lowest BCUT2D eigenvalue weighted by Crippen LogP contribution is -2.26. The summed E-state index contributed by atoms with van der Waals surface area (Å²) in [5, 5.41) is 10.4. The molecule has 0 saturated carbocycles. The molecule has 0 radical (unpaired) electrons. The highest BCUT2D eigenvalue weighted by Crippen LogP contribution is 2.30. The third-order valence-electron chi connectivity index (χ3n) is 2.11. The van der Waals surface area contributed by atoms with Gasteiger partial charge in [-0.05, 0) is 18.2 Å². The van der Waals surface area contributed by atoms with E-state index < -0.39 is 35.0 Å². The number of benzene rings is 1. The third-order valence-corrected chi connectivity index (χ3v) is 2.11. The van der Waals surface area contributed by atoms with Crippen LogP contribution in [-0.2, 0) is 11.0 Å². The molecule has 0 aromatic heterocycles. The molecule has 1 aromatic rings. The topological polar surface area (TPSA) is 66.4 Å². The number of rotatable bonds is 4. The van der Waals surface area contributed by atoms with E-state index in [4.69, 9.17) is 5.11 Å². The SMILES string of the molecule is O=C(O)CCNC(=O)c1cc(F)cc(C(F)(F)F)c1. The number of amides is 1. The molecule has 1 aromatic carbocycles. The predicted molar refractivity (Wildman–Crippen MR) is 56.0 cm³/mol. The first-order valence-corrected chi connectivity index (χ1v) is 5.08. The van der Waals surface area contributed by atoms with E-state index in [9.17, 15) is 27.2 Å². The van der Waals surface area contributed by atoms with Crippen LogP contribution in [0, 0.1) is 5.82 Å². The van der Waals surface area contributed by atoms with Gasteiger partial charge in [0.25, 0.3) is 5.91 Å². The van der Waals surface area contributed by atoms with E-state index in [0.717, 1.165) is 0 Å². The number of alkyl halides is 3. The average Bonchev–Trinajstić information content (AvgIpc) is 2.26. The van der Waals surface area contributed by atoms with Gasteiger partial charge < -0.3 is 10.4 Å². The minimum Gasteiger partial charge on any atom is -0.481 e. The van der Waals surface area contributed by atoms with Crippen molar-refractivity contribution < 1.29 is 32.3 Å². The first-order valence-electron chi connectivity index (χ1n) is 5.08. The largest absolute Gasteiger partial charge is 0.481 e. The molecular formula is C11H9F4NO3.